The summed E-state index contributed by atoms with van der Waals surface area (Å²) >= 11 is 0. The van der Waals surface area contributed by atoms with Crippen molar-refractivity contribution < 1.29 is 56.2 Å². The number of rotatable bonds is 14. The van der Waals surface area contributed by atoms with Crippen LogP contribution < -0.4 is 22.9 Å². The molecule has 4 rings (SSSR count). The van der Waals surface area contributed by atoms with Gasteiger partial charge in [-0.2, -0.15) is 0 Å². The summed E-state index contributed by atoms with van der Waals surface area (Å²) in [5.41, 5.74) is 21.6. The van der Waals surface area contributed by atoms with Crippen LogP contribution in [0.5, 0.6) is 0 Å². The van der Waals surface area contributed by atoms with Crippen LogP contribution in [0.15, 0.2) is 0 Å². The van der Waals surface area contributed by atoms with Gasteiger partial charge in [-0.3, -0.25) is 9.80 Å². The van der Waals surface area contributed by atoms with Crippen LogP contribution in [0.2, 0.25) is 0 Å². The Bertz CT molecular complexity index is 1520. The summed E-state index contributed by atoms with van der Waals surface area (Å²) in [6, 6.07) is 0.111. The van der Waals surface area contributed by atoms with Crippen molar-refractivity contribution in [1.29, 1.82) is 0 Å². The Balaban J connectivity index is 0.000000494. The highest BCUT2D eigenvalue weighted by atomic mass is 31.0. The number of piperazine rings is 2. The van der Waals surface area contributed by atoms with E-state index in [1.807, 2.05) is 83.1 Å². The first-order chi connectivity index (χ1) is 34.3. The average Bonchev–Trinajstić information content (AvgIpc) is 3.30. The third-order valence-electron chi connectivity index (χ3n) is 11.9. The summed E-state index contributed by atoms with van der Waals surface area (Å²) in [5, 5.41) is 0. The molecular weight excluding hydrogens is 1030 g/mol. The Morgan fingerprint density at radius 1 is 0.473 bits per heavy atom. The van der Waals surface area contributed by atoms with Gasteiger partial charge < -0.3 is 79.6 Å². The molecule has 74 heavy (non-hydrogen) atoms. The smallest absolute Gasteiger partial charge is 0.410 e. The predicted octanol–water partition coefficient (Wildman–Crippen LogP) is 5.58. The average molecular weight is 1140 g/mol. The van der Waals surface area contributed by atoms with Crippen molar-refractivity contribution in [3.63, 3.8) is 0 Å². The normalized spacial score (nSPS) is 19.5. The molecule has 4 fully saturated rings. The van der Waals surface area contributed by atoms with E-state index in [-0.39, 0.29) is 48.9 Å². The number of ether oxygens (including phenoxy) is 4. The van der Waals surface area contributed by atoms with E-state index in [0.717, 1.165) is 84.3 Å². The Morgan fingerprint density at radius 2 is 0.811 bits per heavy atom. The van der Waals surface area contributed by atoms with Crippen molar-refractivity contribution in [2.45, 2.75) is 169 Å². The molecule has 0 aliphatic carbocycles. The molecule has 0 radical (unpaired) electrons. The van der Waals surface area contributed by atoms with Crippen LogP contribution in [-0.2, 0) is 37.0 Å². The number of hydrogen-bond donors (Lipinski definition) is 4. The van der Waals surface area contributed by atoms with Gasteiger partial charge in [0.1, 0.15) is 34.9 Å². The maximum atomic E-state index is 11.9. The zero-order valence-electron chi connectivity index (χ0n) is 47.2. The number of nitrogens with two attached hydrogens (primary N) is 4. The molecule has 8 N–H and O–H groups in total. The minimum Gasteiger partial charge on any atom is -0.444 e. The van der Waals surface area contributed by atoms with Crippen molar-refractivity contribution in [3.8, 4) is 0 Å². The molecule has 26 heteroatoms. The van der Waals surface area contributed by atoms with Crippen LogP contribution >= 0.6 is 37.9 Å². The number of hydrogen-bond acceptors (Lipinski definition) is 18. The summed E-state index contributed by atoms with van der Waals surface area (Å²) in [6.45, 7) is 34.3. The van der Waals surface area contributed by atoms with Gasteiger partial charge in [0.2, 0.25) is 0 Å². The standard InChI is InChI=1S/C13H28N3O3P.2C12H25N2O3P.C11H24N3O3P/c1-13(2,3)19-12(17)16-8-6-15(7-9-16)5-4-11(14)10-18-20;1-12(2,3)17-11(15)14-6-4-9(5-7-14)10(13)8-16-18;1-12(2,3)16-11(15)14-6-4-9(5-7-14)8-10(13)17-18;1-11(2,3)16-10(15)14-6-4-13(5-7-14)8-9(12)17-18/h11H,4-10,14,20H2,1-3H3;2*9-10H,4-8,13,18H2,1-3H3;9H,4-8,12,18H2,1-3H3/t11-;2*10-;9-/m1000/s1. The third kappa shape index (κ3) is 33.0. The highest BCUT2D eigenvalue weighted by molar-refractivity contribution is 7.10. The van der Waals surface area contributed by atoms with Gasteiger partial charge in [-0.15, -0.1) is 0 Å². The minimum atomic E-state index is -0.441. The number of nitrogens with zero attached hydrogens (tertiary/aromatic N) is 6. The monoisotopic (exact) mass is 1130 g/mol. The maximum Gasteiger partial charge on any atom is 0.410 e. The van der Waals surface area contributed by atoms with Crippen molar-refractivity contribution >= 4 is 62.2 Å². The summed E-state index contributed by atoms with van der Waals surface area (Å²) < 4.78 is 41.2. The van der Waals surface area contributed by atoms with E-state index >= 15 is 0 Å². The molecule has 0 saturated carbocycles. The Labute approximate surface area is 454 Å². The molecule has 0 aromatic carbocycles. The Kier molecular flexibility index (Phi) is 33.4. The van der Waals surface area contributed by atoms with Gasteiger partial charge >= 0.3 is 24.4 Å². The topological polar surface area (TPSA) is 266 Å². The fourth-order valence-corrected chi connectivity index (χ4v) is 8.59. The summed E-state index contributed by atoms with van der Waals surface area (Å²) in [6.07, 6.45) is 4.05. The number of carbonyl (C=O) groups is 4. The van der Waals surface area contributed by atoms with Gasteiger partial charge in [-0.1, -0.05) is 0 Å². The lowest BCUT2D eigenvalue weighted by atomic mass is 9.90. The summed E-state index contributed by atoms with van der Waals surface area (Å²) in [4.78, 5) is 59.0. The molecule has 4 unspecified atom stereocenters. The fourth-order valence-electron chi connectivity index (χ4n) is 7.92. The quantitative estimate of drug-likeness (QED) is 0.0940. The lowest BCUT2D eigenvalue weighted by Gasteiger charge is -2.36. The van der Waals surface area contributed by atoms with Crippen LogP contribution in [-0.4, -0.2) is 206 Å². The van der Waals surface area contributed by atoms with Crippen molar-refractivity contribution in [2.75, 3.05) is 105 Å². The lowest BCUT2D eigenvalue weighted by molar-refractivity contribution is 0.0114. The molecule has 22 nitrogen and oxygen atoms in total. The molecule has 0 aromatic rings. The van der Waals surface area contributed by atoms with Crippen molar-refractivity contribution in [2.24, 2.45) is 34.8 Å². The van der Waals surface area contributed by atoms with E-state index in [9.17, 15) is 19.2 Å². The van der Waals surface area contributed by atoms with Gasteiger partial charge in [-0.05, 0) is 140 Å². The minimum absolute atomic E-state index is 0.0447. The second kappa shape index (κ2) is 35.1. The SMILES string of the molecule is CC(C)(C)OC(=O)N1CCC(C[C@@H](N)OP)CC1.CC(C)(C)OC(=O)N1CCC([C@@H](N)COP)CC1.CC(C)(C)OC(=O)N1CCN(CC[C@@H](N)COP)CC1.CC(C)(C)OC(=O)N1CCN(C[C@@H](N)OP)CC1. The van der Waals surface area contributed by atoms with E-state index in [4.69, 9.17) is 60.0 Å². The first-order valence-electron chi connectivity index (χ1n) is 26.0. The number of likely N-dealkylation sites (tertiary alicyclic amines) is 2. The van der Waals surface area contributed by atoms with E-state index in [2.05, 4.69) is 47.7 Å². The molecular formula is C48H102N10O12P4. The first kappa shape index (κ1) is 70.4. The van der Waals surface area contributed by atoms with Crippen LogP contribution in [0.25, 0.3) is 0 Å². The predicted molar refractivity (Wildman–Crippen MR) is 304 cm³/mol. The lowest BCUT2D eigenvalue weighted by Crippen LogP contribution is -2.52. The highest BCUT2D eigenvalue weighted by Crippen LogP contribution is 2.25. The van der Waals surface area contributed by atoms with E-state index in [1.165, 1.54) is 0 Å². The molecule has 4 amide bonds. The van der Waals surface area contributed by atoms with Crippen LogP contribution in [0.1, 0.15) is 122 Å². The van der Waals surface area contributed by atoms with E-state index in [1.54, 1.807) is 19.6 Å². The van der Waals surface area contributed by atoms with Gasteiger partial charge in [0.05, 0.1) is 13.2 Å². The molecule has 436 valence electrons. The largest absolute Gasteiger partial charge is 0.444 e. The summed E-state index contributed by atoms with van der Waals surface area (Å²) in [7, 11) is 8.80. The fraction of sp³-hybridized carbons (Fsp3) is 0.917. The van der Waals surface area contributed by atoms with Gasteiger partial charge in [0.25, 0.3) is 0 Å². The molecule has 0 bridgehead atoms. The van der Waals surface area contributed by atoms with E-state index < -0.39 is 22.4 Å². The molecule has 4 heterocycles. The number of piperidine rings is 2. The van der Waals surface area contributed by atoms with Gasteiger partial charge in [-0.25, -0.2) is 19.2 Å². The van der Waals surface area contributed by atoms with Crippen molar-refractivity contribution in [3.05, 3.63) is 0 Å². The van der Waals surface area contributed by atoms with Gasteiger partial charge in [0.15, 0.2) is 0 Å². The zero-order valence-corrected chi connectivity index (χ0v) is 51.8. The zero-order chi connectivity index (χ0) is 56.5. The molecule has 0 spiro atoms. The highest BCUT2D eigenvalue weighted by Gasteiger charge is 2.31. The molecule has 4 saturated heterocycles. The molecule has 4 aliphatic heterocycles. The first-order valence-corrected chi connectivity index (χ1v) is 27.9. The Morgan fingerprint density at radius 3 is 1.15 bits per heavy atom. The number of carbonyl (C=O) groups excluding carboxylic acids is 4. The third-order valence-corrected chi connectivity index (χ3v) is 13.0. The van der Waals surface area contributed by atoms with Crippen LogP contribution in [0, 0.1) is 11.8 Å². The van der Waals surface area contributed by atoms with Crippen molar-refractivity contribution in [1.82, 2.24) is 29.4 Å². The maximum absolute atomic E-state index is 11.9. The second-order valence-corrected chi connectivity index (χ2v) is 24.5. The second-order valence-electron chi connectivity index (χ2n) is 23.3. The molecule has 8 atom stereocenters. The van der Waals surface area contributed by atoms with E-state index in [0.29, 0.717) is 70.9 Å². The van der Waals surface area contributed by atoms with Crippen LogP contribution in [0.4, 0.5) is 19.2 Å². The Hall–Kier alpha value is -1.60. The number of amides is 4. The van der Waals surface area contributed by atoms with Gasteiger partial charge in [0, 0.05) is 135 Å². The van der Waals surface area contributed by atoms with Crippen LogP contribution in [0.3, 0.4) is 0 Å². The molecule has 0 aromatic heterocycles. The molecule has 4 aliphatic rings. The summed E-state index contributed by atoms with van der Waals surface area (Å²) in [5.74, 6) is 0.948.